The van der Waals surface area contributed by atoms with Crippen molar-refractivity contribution in [1.29, 1.82) is 0 Å². The summed E-state index contributed by atoms with van der Waals surface area (Å²) in [4.78, 5) is 24.6. The Labute approximate surface area is 276 Å². The number of likely N-dealkylation sites (tertiary alicyclic amines) is 2. The van der Waals surface area contributed by atoms with Crippen molar-refractivity contribution >= 4 is 17.1 Å². The summed E-state index contributed by atoms with van der Waals surface area (Å²) < 4.78 is 55.3. The SMILES string of the molecule is Cc1c(-c2cc(OCC(C)(O)c3ccc(F)cn3)c3c(c2)ncn3C(F)F)nnn1C1CCN(CC2CN(C(=O)OC(C)(C)C)C2)CC1. The van der Waals surface area contributed by atoms with Gasteiger partial charge in [0.25, 0.3) is 0 Å². The predicted octanol–water partition coefficient (Wildman–Crippen LogP) is 5.32. The van der Waals surface area contributed by atoms with Gasteiger partial charge in [-0.2, -0.15) is 8.78 Å². The van der Waals surface area contributed by atoms with E-state index in [1.54, 1.807) is 17.0 Å². The van der Waals surface area contributed by atoms with Crippen molar-refractivity contribution in [2.75, 3.05) is 39.3 Å². The molecule has 258 valence electrons. The number of nitrogens with zero attached hydrogens (tertiary/aromatic N) is 8. The van der Waals surface area contributed by atoms with Crippen LogP contribution in [0.1, 0.15) is 64.5 Å². The second kappa shape index (κ2) is 13.0. The number of halogens is 3. The quantitative estimate of drug-likeness (QED) is 0.252. The molecule has 0 bridgehead atoms. The number of amides is 1. The lowest BCUT2D eigenvalue weighted by Crippen LogP contribution is -2.55. The highest BCUT2D eigenvalue weighted by atomic mass is 19.3. The Morgan fingerprint density at radius 2 is 1.83 bits per heavy atom. The summed E-state index contributed by atoms with van der Waals surface area (Å²) in [5, 5.41) is 20.0. The number of carbonyl (C=O) groups is 1. The minimum Gasteiger partial charge on any atom is -0.488 e. The maximum absolute atomic E-state index is 13.9. The number of hydrogen-bond donors (Lipinski definition) is 1. The van der Waals surface area contributed by atoms with Crippen LogP contribution in [0.25, 0.3) is 22.3 Å². The first-order chi connectivity index (χ1) is 22.7. The second-order valence-electron chi connectivity index (χ2n) is 13.9. The maximum atomic E-state index is 13.9. The topological polar surface area (TPSA) is 124 Å². The summed E-state index contributed by atoms with van der Waals surface area (Å²) >= 11 is 0. The van der Waals surface area contributed by atoms with E-state index in [-0.39, 0.29) is 41.2 Å². The molecule has 4 aromatic rings. The number of piperidine rings is 1. The number of alkyl halides is 2. The summed E-state index contributed by atoms with van der Waals surface area (Å²) in [5.74, 6) is -0.0583. The van der Waals surface area contributed by atoms with E-state index in [9.17, 15) is 23.1 Å². The molecule has 1 amide bonds. The summed E-state index contributed by atoms with van der Waals surface area (Å²) in [6.45, 7) is 9.86. The number of fused-ring (bicyclic) bond motifs is 1. The molecule has 1 atom stereocenters. The Bertz CT molecular complexity index is 1750. The van der Waals surface area contributed by atoms with Crippen molar-refractivity contribution in [1.82, 2.24) is 39.3 Å². The monoisotopic (exact) mass is 670 g/mol. The number of aromatic nitrogens is 6. The molecule has 2 aliphatic heterocycles. The third-order valence-corrected chi connectivity index (χ3v) is 8.86. The number of imidazole rings is 1. The van der Waals surface area contributed by atoms with E-state index in [0.29, 0.717) is 34.8 Å². The number of rotatable bonds is 9. The fourth-order valence-electron chi connectivity index (χ4n) is 6.34. The lowest BCUT2D eigenvalue weighted by atomic mass is 9.97. The zero-order valence-electron chi connectivity index (χ0n) is 27.7. The van der Waals surface area contributed by atoms with E-state index >= 15 is 0 Å². The minimum absolute atomic E-state index is 0.0645. The fourth-order valence-corrected chi connectivity index (χ4v) is 6.34. The average Bonchev–Trinajstić information content (AvgIpc) is 3.61. The Kier molecular flexibility index (Phi) is 9.11. The zero-order chi connectivity index (χ0) is 34.4. The molecule has 2 saturated heterocycles. The average molecular weight is 671 g/mol. The van der Waals surface area contributed by atoms with Crippen LogP contribution in [0.15, 0.2) is 36.8 Å². The van der Waals surface area contributed by atoms with E-state index in [4.69, 9.17) is 9.47 Å². The molecular formula is C33H41F3N8O4. The van der Waals surface area contributed by atoms with Crippen molar-refractivity contribution in [3.63, 3.8) is 0 Å². The minimum atomic E-state index is -2.87. The van der Waals surface area contributed by atoms with Crippen molar-refractivity contribution < 1.29 is 32.5 Å². The Hall–Kier alpha value is -4.24. The van der Waals surface area contributed by atoms with Crippen LogP contribution in [0.3, 0.4) is 0 Å². The molecule has 15 heteroatoms. The molecule has 1 aromatic carbocycles. The summed E-state index contributed by atoms with van der Waals surface area (Å²) in [5.41, 5.74) is 0.323. The highest BCUT2D eigenvalue weighted by Gasteiger charge is 2.36. The van der Waals surface area contributed by atoms with E-state index in [0.717, 1.165) is 50.7 Å². The van der Waals surface area contributed by atoms with Gasteiger partial charge in [-0.1, -0.05) is 5.21 Å². The Balaban J connectivity index is 1.14. The molecule has 5 heterocycles. The first kappa shape index (κ1) is 33.7. The van der Waals surface area contributed by atoms with Gasteiger partial charge in [0.1, 0.15) is 46.9 Å². The number of aliphatic hydroxyl groups is 1. The standard InChI is InChI=1S/C33H41F3N8O4/c1-20-28(39-40-44(20)24-8-10-41(11-9-24)15-21-16-42(17-21)31(45)48-32(2,3)4)22-12-25-29(43(19-38-25)30(35)36)26(13-22)47-18-33(5,46)27-7-6-23(34)14-37-27/h6-7,12-14,19,21,24,30,46H,8-11,15-18H2,1-5H3. The Morgan fingerprint density at radius 1 is 1.10 bits per heavy atom. The van der Waals surface area contributed by atoms with E-state index in [1.165, 1.54) is 19.1 Å². The van der Waals surface area contributed by atoms with E-state index in [2.05, 4.69) is 25.2 Å². The van der Waals surface area contributed by atoms with Gasteiger partial charge in [-0.15, -0.1) is 5.10 Å². The van der Waals surface area contributed by atoms with Gasteiger partial charge in [0.15, 0.2) is 0 Å². The molecule has 12 nitrogen and oxygen atoms in total. The number of ether oxygens (including phenoxy) is 2. The van der Waals surface area contributed by atoms with Crippen molar-refractivity contribution in [3.05, 3.63) is 54.0 Å². The maximum Gasteiger partial charge on any atom is 0.410 e. The molecule has 2 fully saturated rings. The van der Waals surface area contributed by atoms with Gasteiger partial charge in [-0.3, -0.25) is 9.55 Å². The van der Waals surface area contributed by atoms with Crippen LogP contribution in [0, 0.1) is 18.7 Å². The van der Waals surface area contributed by atoms with E-state index in [1.807, 2.05) is 32.4 Å². The van der Waals surface area contributed by atoms with Crippen LogP contribution in [-0.4, -0.2) is 95.5 Å². The van der Waals surface area contributed by atoms with Gasteiger partial charge in [0.05, 0.1) is 29.1 Å². The van der Waals surface area contributed by atoms with Crippen LogP contribution >= 0.6 is 0 Å². The second-order valence-corrected chi connectivity index (χ2v) is 13.9. The van der Waals surface area contributed by atoms with Gasteiger partial charge in [-0.05, 0) is 71.7 Å². The number of pyridine rings is 1. The van der Waals surface area contributed by atoms with Crippen LogP contribution in [-0.2, 0) is 10.3 Å². The molecule has 0 aliphatic carbocycles. The number of carbonyl (C=O) groups excluding carboxylic acids is 1. The largest absolute Gasteiger partial charge is 0.488 e. The lowest BCUT2D eigenvalue weighted by molar-refractivity contribution is -0.00805. The smallest absolute Gasteiger partial charge is 0.410 e. The van der Waals surface area contributed by atoms with Crippen molar-refractivity contribution in [2.45, 2.75) is 71.3 Å². The van der Waals surface area contributed by atoms with Crippen molar-refractivity contribution in [2.24, 2.45) is 5.92 Å². The lowest BCUT2D eigenvalue weighted by Gasteiger charge is -2.43. The van der Waals surface area contributed by atoms with Crippen LogP contribution in [0.5, 0.6) is 5.75 Å². The molecule has 1 unspecified atom stereocenters. The normalized spacial score (nSPS) is 17.9. The molecular weight excluding hydrogens is 629 g/mol. The van der Waals surface area contributed by atoms with Crippen LogP contribution < -0.4 is 4.74 Å². The van der Waals surface area contributed by atoms with E-state index < -0.39 is 23.6 Å². The molecule has 0 saturated carbocycles. The molecule has 0 radical (unpaired) electrons. The third kappa shape index (κ3) is 7.11. The first-order valence-corrected chi connectivity index (χ1v) is 16.1. The molecule has 2 aliphatic rings. The van der Waals surface area contributed by atoms with Gasteiger partial charge >= 0.3 is 12.6 Å². The van der Waals surface area contributed by atoms with Crippen LogP contribution in [0.4, 0.5) is 18.0 Å². The van der Waals surface area contributed by atoms with Gasteiger partial charge in [-0.25, -0.2) is 18.9 Å². The third-order valence-electron chi connectivity index (χ3n) is 8.86. The first-order valence-electron chi connectivity index (χ1n) is 16.1. The molecule has 0 spiro atoms. The van der Waals surface area contributed by atoms with Crippen molar-refractivity contribution in [3.8, 4) is 17.0 Å². The fraction of sp³-hybridized carbons (Fsp3) is 0.545. The molecule has 1 N–H and O–H groups in total. The Morgan fingerprint density at radius 3 is 2.48 bits per heavy atom. The predicted molar refractivity (Wildman–Crippen MR) is 170 cm³/mol. The zero-order valence-corrected chi connectivity index (χ0v) is 27.7. The molecule has 6 rings (SSSR count). The molecule has 3 aromatic heterocycles. The number of hydrogen-bond acceptors (Lipinski definition) is 9. The number of benzene rings is 1. The van der Waals surface area contributed by atoms with Gasteiger partial charge in [0.2, 0.25) is 0 Å². The van der Waals surface area contributed by atoms with Crippen LogP contribution in [0.2, 0.25) is 0 Å². The summed E-state index contributed by atoms with van der Waals surface area (Å²) in [7, 11) is 0. The highest BCUT2D eigenvalue weighted by molar-refractivity contribution is 5.87. The molecule has 48 heavy (non-hydrogen) atoms. The summed E-state index contributed by atoms with van der Waals surface area (Å²) in [6.07, 6.45) is 3.53. The van der Waals surface area contributed by atoms with Gasteiger partial charge in [0, 0.05) is 44.2 Å². The summed E-state index contributed by atoms with van der Waals surface area (Å²) in [6, 6.07) is 5.92. The highest BCUT2D eigenvalue weighted by Crippen LogP contribution is 2.36. The van der Waals surface area contributed by atoms with Gasteiger partial charge < -0.3 is 24.4 Å².